The van der Waals surface area contributed by atoms with Crippen LogP contribution >= 0.6 is 12.2 Å². The van der Waals surface area contributed by atoms with Crippen LogP contribution in [0.25, 0.3) is 0 Å². The van der Waals surface area contributed by atoms with Crippen molar-refractivity contribution in [1.82, 2.24) is 20.6 Å². The van der Waals surface area contributed by atoms with Gasteiger partial charge in [-0.15, -0.1) is 0 Å². The molecule has 3 heterocycles. The van der Waals surface area contributed by atoms with E-state index < -0.39 is 0 Å². The fourth-order valence-corrected chi connectivity index (χ4v) is 2.92. The molecule has 23 heavy (non-hydrogen) atoms. The summed E-state index contributed by atoms with van der Waals surface area (Å²) in [6.07, 6.45) is 3.45. The topological polar surface area (TPSA) is 72.9 Å². The molecule has 0 bridgehead atoms. The predicted octanol–water partition coefficient (Wildman–Crippen LogP) is 0.322. The summed E-state index contributed by atoms with van der Waals surface area (Å²) < 4.78 is 0. The third kappa shape index (κ3) is 3.58. The van der Waals surface area contributed by atoms with Crippen molar-refractivity contribution in [2.24, 2.45) is 5.10 Å². The minimum absolute atomic E-state index is 0.00870. The van der Waals surface area contributed by atoms with Gasteiger partial charge in [0.15, 0.2) is 5.11 Å². The van der Waals surface area contributed by atoms with E-state index in [2.05, 4.69) is 25.7 Å². The fraction of sp³-hybridized carbons (Fsp3) is 0.467. The lowest BCUT2D eigenvalue weighted by Crippen LogP contribution is -2.42. The Balaban J connectivity index is 1.71. The van der Waals surface area contributed by atoms with E-state index in [-0.39, 0.29) is 12.5 Å². The zero-order valence-corrected chi connectivity index (χ0v) is 13.9. The molecule has 8 heteroatoms. The van der Waals surface area contributed by atoms with Crippen LogP contribution in [0.4, 0.5) is 5.69 Å². The Morgan fingerprint density at radius 1 is 1.48 bits per heavy atom. The normalized spacial score (nSPS) is 19.9. The maximum Gasteiger partial charge on any atom is 0.239 e. The van der Waals surface area contributed by atoms with Crippen LogP contribution in [0.1, 0.15) is 18.5 Å². The van der Waals surface area contributed by atoms with Gasteiger partial charge in [-0.05, 0) is 30.8 Å². The van der Waals surface area contributed by atoms with Crippen molar-refractivity contribution in [1.29, 1.82) is 0 Å². The average Bonchev–Trinajstić information content (AvgIpc) is 2.79. The van der Waals surface area contributed by atoms with Gasteiger partial charge >= 0.3 is 0 Å². The number of pyridine rings is 1. The minimum atomic E-state index is -0.00870. The number of anilines is 1. The Morgan fingerprint density at radius 3 is 3.22 bits per heavy atom. The molecule has 1 amide bonds. The first-order valence-electron chi connectivity index (χ1n) is 7.70. The molecule has 0 saturated carbocycles. The Labute approximate surface area is 140 Å². The van der Waals surface area contributed by atoms with Crippen molar-refractivity contribution in [3.63, 3.8) is 0 Å². The van der Waals surface area contributed by atoms with Crippen LogP contribution in [0.2, 0.25) is 0 Å². The van der Waals surface area contributed by atoms with Crippen LogP contribution in [0.15, 0.2) is 23.4 Å². The summed E-state index contributed by atoms with van der Waals surface area (Å²) in [6.45, 7) is 2.59. The number of fused-ring (bicyclic) bond motifs is 1. The van der Waals surface area contributed by atoms with Crippen molar-refractivity contribution in [3.8, 4) is 0 Å². The van der Waals surface area contributed by atoms with Gasteiger partial charge in [-0.3, -0.25) is 15.2 Å². The molecule has 1 aromatic rings. The molecule has 1 saturated heterocycles. The van der Waals surface area contributed by atoms with Crippen LogP contribution in [-0.2, 0) is 4.79 Å². The number of aromatic nitrogens is 1. The zero-order chi connectivity index (χ0) is 16.2. The molecule has 0 radical (unpaired) electrons. The van der Waals surface area contributed by atoms with E-state index in [0.717, 1.165) is 43.0 Å². The SMILES string of the molecule is CN1CC/C(=N/NC(=S)N2CCCNC(=O)C2)c2ncccc21. The third-order valence-corrected chi connectivity index (χ3v) is 4.34. The summed E-state index contributed by atoms with van der Waals surface area (Å²) in [7, 11) is 2.05. The smallest absolute Gasteiger partial charge is 0.239 e. The molecule has 0 spiro atoms. The lowest BCUT2D eigenvalue weighted by Gasteiger charge is -2.27. The summed E-state index contributed by atoms with van der Waals surface area (Å²) in [6, 6.07) is 3.96. The monoisotopic (exact) mass is 332 g/mol. The number of rotatable bonds is 1. The summed E-state index contributed by atoms with van der Waals surface area (Å²) >= 11 is 5.37. The molecular formula is C15H20N6OS. The van der Waals surface area contributed by atoms with Gasteiger partial charge in [0.1, 0.15) is 5.69 Å². The number of hydrazone groups is 1. The van der Waals surface area contributed by atoms with Gasteiger partial charge in [0.25, 0.3) is 0 Å². The van der Waals surface area contributed by atoms with E-state index in [0.29, 0.717) is 11.7 Å². The van der Waals surface area contributed by atoms with E-state index in [4.69, 9.17) is 12.2 Å². The molecule has 3 rings (SSSR count). The molecule has 1 aromatic heterocycles. The second-order valence-electron chi connectivity index (χ2n) is 5.64. The third-order valence-electron chi connectivity index (χ3n) is 3.99. The van der Waals surface area contributed by atoms with Gasteiger partial charge in [0.2, 0.25) is 5.91 Å². The highest BCUT2D eigenvalue weighted by atomic mass is 32.1. The molecule has 0 aliphatic carbocycles. The zero-order valence-electron chi connectivity index (χ0n) is 13.1. The molecule has 122 valence electrons. The van der Waals surface area contributed by atoms with Crippen LogP contribution < -0.4 is 15.6 Å². The molecule has 2 N–H and O–H groups in total. The van der Waals surface area contributed by atoms with Crippen molar-refractivity contribution >= 4 is 34.6 Å². The molecular weight excluding hydrogens is 312 g/mol. The highest BCUT2D eigenvalue weighted by molar-refractivity contribution is 7.80. The molecule has 7 nitrogen and oxygen atoms in total. The number of nitrogens with zero attached hydrogens (tertiary/aromatic N) is 4. The van der Waals surface area contributed by atoms with Crippen LogP contribution in [0.5, 0.6) is 0 Å². The number of thiocarbonyl (C=S) groups is 1. The highest BCUT2D eigenvalue weighted by Crippen LogP contribution is 2.23. The molecule has 0 atom stereocenters. The summed E-state index contributed by atoms with van der Waals surface area (Å²) in [5.74, 6) is -0.00870. The number of hydrogen-bond acceptors (Lipinski definition) is 5. The molecule has 2 aliphatic heterocycles. The lowest BCUT2D eigenvalue weighted by atomic mass is 10.1. The van der Waals surface area contributed by atoms with E-state index in [1.807, 2.05) is 24.1 Å². The van der Waals surface area contributed by atoms with Crippen LogP contribution in [0, 0.1) is 0 Å². The quantitative estimate of drug-likeness (QED) is 0.570. The first-order chi connectivity index (χ1) is 11.1. The van der Waals surface area contributed by atoms with Gasteiger partial charge < -0.3 is 15.1 Å². The number of amides is 1. The number of nitrogens with one attached hydrogen (secondary N) is 2. The van der Waals surface area contributed by atoms with Crippen LogP contribution in [0.3, 0.4) is 0 Å². The van der Waals surface area contributed by atoms with Crippen molar-refractivity contribution in [2.45, 2.75) is 12.8 Å². The fourth-order valence-electron chi connectivity index (χ4n) is 2.71. The Kier molecular flexibility index (Phi) is 4.71. The number of carbonyl (C=O) groups excluding carboxylic acids is 1. The molecule has 0 aromatic carbocycles. The molecule has 1 fully saturated rings. The standard InChI is InChI=1S/C15H20N6OS/c1-20-9-5-11(14-12(20)4-2-6-17-14)18-19-15(23)21-8-3-7-16-13(22)10-21/h2,4,6H,3,5,7-10H2,1H3,(H,16,22)(H,19,23)/b18-11-. The van der Waals surface area contributed by atoms with E-state index >= 15 is 0 Å². The summed E-state index contributed by atoms with van der Waals surface area (Å²) in [4.78, 5) is 20.1. The second-order valence-corrected chi connectivity index (χ2v) is 6.03. The number of hydrogen-bond donors (Lipinski definition) is 2. The van der Waals surface area contributed by atoms with Crippen molar-refractivity contribution < 1.29 is 4.79 Å². The van der Waals surface area contributed by atoms with Gasteiger partial charge in [0.05, 0.1) is 17.9 Å². The Morgan fingerprint density at radius 2 is 2.35 bits per heavy atom. The van der Waals surface area contributed by atoms with Crippen LogP contribution in [-0.4, -0.2) is 59.8 Å². The average molecular weight is 332 g/mol. The van der Waals surface area contributed by atoms with E-state index in [1.165, 1.54) is 0 Å². The van der Waals surface area contributed by atoms with Gasteiger partial charge in [-0.2, -0.15) is 5.10 Å². The van der Waals surface area contributed by atoms with Gasteiger partial charge in [-0.25, -0.2) is 0 Å². The largest absolute Gasteiger partial charge is 0.372 e. The van der Waals surface area contributed by atoms with Crippen molar-refractivity contribution in [3.05, 3.63) is 24.0 Å². The first-order valence-corrected chi connectivity index (χ1v) is 8.10. The van der Waals surface area contributed by atoms with E-state index in [1.54, 1.807) is 6.20 Å². The highest BCUT2D eigenvalue weighted by Gasteiger charge is 2.21. The lowest BCUT2D eigenvalue weighted by molar-refractivity contribution is -0.120. The Bertz CT molecular complexity index is 647. The summed E-state index contributed by atoms with van der Waals surface area (Å²) in [5.41, 5.74) is 5.77. The number of carbonyl (C=O) groups is 1. The van der Waals surface area contributed by atoms with Gasteiger partial charge in [-0.1, -0.05) is 0 Å². The van der Waals surface area contributed by atoms with Gasteiger partial charge in [0, 0.05) is 39.3 Å². The van der Waals surface area contributed by atoms with E-state index in [9.17, 15) is 4.79 Å². The summed E-state index contributed by atoms with van der Waals surface area (Å²) in [5, 5.41) is 7.76. The first kappa shape index (κ1) is 15.7. The molecule has 0 unspecified atom stereocenters. The minimum Gasteiger partial charge on any atom is -0.372 e. The predicted molar refractivity (Wildman–Crippen MR) is 93.6 cm³/mol. The second kappa shape index (κ2) is 6.91. The Hall–Kier alpha value is -2.22. The maximum absolute atomic E-state index is 11.6. The maximum atomic E-state index is 11.6. The molecule has 2 aliphatic rings. The van der Waals surface area contributed by atoms with Crippen molar-refractivity contribution in [2.75, 3.05) is 38.1 Å².